The lowest BCUT2D eigenvalue weighted by Crippen LogP contribution is -2.08. The Morgan fingerprint density at radius 2 is 2.19 bits per heavy atom. The van der Waals surface area contributed by atoms with Crippen molar-refractivity contribution in [3.05, 3.63) is 66.5 Å². The number of pyridine rings is 1. The third-order valence-corrected chi connectivity index (χ3v) is 3.88. The molecule has 0 saturated heterocycles. The Morgan fingerprint density at radius 3 is 2.92 bits per heavy atom. The van der Waals surface area contributed by atoms with Crippen molar-refractivity contribution in [3.63, 3.8) is 0 Å². The van der Waals surface area contributed by atoms with E-state index in [1.165, 1.54) is 0 Å². The molecule has 3 heterocycles. The number of imidazole rings is 1. The van der Waals surface area contributed by atoms with E-state index in [0.717, 1.165) is 22.5 Å². The fraction of sp³-hybridized carbons (Fsp3) is 0.167. The first-order valence-corrected chi connectivity index (χ1v) is 8.08. The first kappa shape index (κ1) is 17.4. The van der Waals surface area contributed by atoms with Gasteiger partial charge in [-0.2, -0.15) is 0 Å². The lowest BCUT2D eigenvalue weighted by atomic mass is 10.2. The van der Waals surface area contributed by atoms with Crippen molar-refractivity contribution in [2.24, 2.45) is 0 Å². The van der Waals surface area contributed by atoms with Crippen molar-refractivity contribution in [2.75, 3.05) is 18.1 Å². The van der Waals surface area contributed by atoms with Gasteiger partial charge in [-0.05, 0) is 11.6 Å². The highest BCUT2D eigenvalue weighted by atomic mass is 16.3. The van der Waals surface area contributed by atoms with Crippen LogP contribution in [0.1, 0.15) is 17.0 Å². The van der Waals surface area contributed by atoms with Gasteiger partial charge in [0.15, 0.2) is 11.6 Å². The molecule has 0 aliphatic rings. The van der Waals surface area contributed by atoms with E-state index in [-0.39, 0.29) is 6.61 Å². The van der Waals surface area contributed by atoms with E-state index in [0.29, 0.717) is 23.9 Å². The minimum Gasteiger partial charge on any atom is -0.393 e. The van der Waals surface area contributed by atoms with E-state index in [4.69, 9.17) is 5.73 Å². The van der Waals surface area contributed by atoms with Crippen LogP contribution in [0.15, 0.2) is 49.6 Å². The number of nitrogens with zero attached hydrogens (tertiary/aromatic N) is 4. The van der Waals surface area contributed by atoms with Crippen LogP contribution in [0.25, 0.3) is 11.2 Å². The Morgan fingerprint density at radius 1 is 1.35 bits per heavy atom. The van der Waals surface area contributed by atoms with Gasteiger partial charge in [0.25, 0.3) is 0 Å². The maximum atomic E-state index is 9.38. The summed E-state index contributed by atoms with van der Waals surface area (Å²) in [6.45, 7) is 4.22. The number of fused-ring (bicyclic) bond motifs is 1. The summed E-state index contributed by atoms with van der Waals surface area (Å²) in [4.78, 5) is 13.0. The van der Waals surface area contributed by atoms with Gasteiger partial charge >= 0.3 is 0 Å². The number of nitrogens with one attached hydrogen (secondary N) is 2. The summed E-state index contributed by atoms with van der Waals surface area (Å²) >= 11 is 0. The van der Waals surface area contributed by atoms with Gasteiger partial charge in [0.2, 0.25) is 0 Å². The van der Waals surface area contributed by atoms with Gasteiger partial charge in [0.1, 0.15) is 5.65 Å². The van der Waals surface area contributed by atoms with Crippen LogP contribution in [0.3, 0.4) is 0 Å². The van der Waals surface area contributed by atoms with Gasteiger partial charge in [-0.1, -0.05) is 18.7 Å². The lowest BCUT2D eigenvalue weighted by molar-refractivity contribution is 0.276. The van der Waals surface area contributed by atoms with Crippen LogP contribution in [0.4, 0.5) is 11.6 Å². The third kappa shape index (κ3) is 3.50. The van der Waals surface area contributed by atoms with Crippen molar-refractivity contribution < 1.29 is 5.11 Å². The second kappa shape index (κ2) is 7.66. The number of allylic oxidation sites excluding steroid dienone is 2. The van der Waals surface area contributed by atoms with Crippen molar-refractivity contribution in [3.8, 4) is 0 Å². The van der Waals surface area contributed by atoms with Crippen LogP contribution in [0, 0.1) is 0 Å². The summed E-state index contributed by atoms with van der Waals surface area (Å²) in [5.41, 5.74) is 9.93. The summed E-state index contributed by atoms with van der Waals surface area (Å²) in [5, 5.41) is 15.5. The van der Waals surface area contributed by atoms with Crippen molar-refractivity contribution in [1.29, 1.82) is 0 Å². The Bertz CT molecular complexity index is 961. The molecule has 0 aliphatic heterocycles. The fourth-order valence-electron chi connectivity index (χ4n) is 2.54. The van der Waals surface area contributed by atoms with Crippen LogP contribution >= 0.6 is 0 Å². The van der Waals surface area contributed by atoms with E-state index >= 15 is 0 Å². The quantitative estimate of drug-likeness (QED) is 0.478. The maximum Gasteiger partial charge on any atom is 0.169 e. The second-order valence-electron chi connectivity index (χ2n) is 5.61. The molecular weight excluding hydrogens is 330 g/mol. The summed E-state index contributed by atoms with van der Waals surface area (Å²) in [6, 6.07) is 3.85. The maximum absolute atomic E-state index is 9.38. The highest BCUT2D eigenvalue weighted by molar-refractivity contribution is 5.72. The average Bonchev–Trinajstić information content (AvgIpc) is 3.08. The Labute approximate surface area is 151 Å². The zero-order chi connectivity index (χ0) is 18.5. The van der Waals surface area contributed by atoms with Gasteiger partial charge in [-0.15, -0.1) is 0 Å². The van der Waals surface area contributed by atoms with E-state index in [1.54, 1.807) is 31.7 Å². The molecule has 26 heavy (non-hydrogen) atoms. The van der Waals surface area contributed by atoms with Gasteiger partial charge in [-0.3, -0.25) is 0 Å². The zero-order valence-corrected chi connectivity index (χ0v) is 14.5. The molecule has 0 spiro atoms. The molecule has 0 radical (unpaired) electrons. The first-order valence-electron chi connectivity index (χ1n) is 8.08. The number of aliphatic hydroxyl groups excluding tert-OH is 1. The number of rotatable bonds is 7. The van der Waals surface area contributed by atoms with Gasteiger partial charge in [-0.25, -0.2) is 15.0 Å². The molecule has 8 nitrogen and oxygen atoms in total. The molecule has 0 fully saturated rings. The molecule has 0 atom stereocenters. The number of hydrogen-bond donors (Lipinski definition) is 4. The highest BCUT2D eigenvalue weighted by Gasteiger charge is 2.08. The number of nitrogens with two attached hydrogens (primary N) is 1. The molecule has 134 valence electrons. The monoisotopic (exact) mass is 351 g/mol. The number of aromatic nitrogens is 4. The van der Waals surface area contributed by atoms with Gasteiger partial charge in [0, 0.05) is 31.6 Å². The summed E-state index contributed by atoms with van der Waals surface area (Å²) in [6.07, 6.45) is 8.68. The van der Waals surface area contributed by atoms with Crippen molar-refractivity contribution in [2.45, 2.75) is 13.2 Å². The number of hydrogen-bond acceptors (Lipinski definition) is 7. The van der Waals surface area contributed by atoms with E-state index in [9.17, 15) is 5.11 Å². The SMILES string of the molecule is C=C/C(=C\NC)c1cnc(N)c(NCc2ccc3ncc(CO)n3c2)n1. The molecule has 3 aromatic heterocycles. The van der Waals surface area contributed by atoms with Crippen LogP contribution in [-0.2, 0) is 13.2 Å². The zero-order valence-electron chi connectivity index (χ0n) is 14.5. The predicted octanol–water partition coefficient (Wildman–Crippen LogP) is 1.56. The largest absolute Gasteiger partial charge is 0.393 e. The van der Waals surface area contributed by atoms with Gasteiger partial charge in [0.05, 0.1) is 30.4 Å². The molecule has 3 rings (SSSR count). The normalized spacial score (nSPS) is 11.5. The number of aliphatic hydroxyl groups is 1. The minimum absolute atomic E-state index is 0.0688. The topological polar surface area (TPSA) is 113 Å². The highest BCUT2D eigenvalue weighted by Crippen LogP contribution is 2.19. The molecular formula is C18H21N7O. The Kier molecular flexibility index (Phi) is 5.14. The van der Waals surface area contributed by atoms with Crippen LogP contribution in [0.5, 0.6) is 0 Å². The Hall–Kier alpha value is -3.39. The molecule has 0 saturated carbocycles. The predicted molar refractivity (Wildman–Crippen MR) is 102 cm³/mol. The molecule has 0 aromatic carbocycles. The minimum atomic E-state index is -0.0688. The molecule has 0 amide bonds. The fourth-order valence-corrected chi connectivity index (χ4v) is 2.54. The number of nitrogen functional groups attached to an aromatic ring is 1. The number of anilines is 2. The van der Waals surface area contributed by atoms with Crippen LogP contribution in [0.2, 0.25) is 0 Å². The van der Waals surface area contributed by atoms with Gasteiger partial charge < -0.3 is 25.9 Å². The van der Waals surface area contributed by atoms with E-state index < -0.39 is 0 Å². The summed E-state index contributed by atoms with van der Waals surface area (Å²) in [5.74, 6) is 0.820. The molecule has 5 N–H and O–H groups in total. The third-order valence-electron chi connectivity index (χ3n) is 3.88. The average molecular weight is 351 g/mol. The van der Waals surface area contributed by atoms with E-state index in [2.05, 4.69) is 32.2 Å². The standard InChI is InChI=1S/C18H21N7O/c1-3-13(7-20-2)15-9-22-17(19)18(24-15)23-6-12-4-5-16-21-8-14(11-26)25(16)10-12/h3-5,7-10,20,26H,1,6,11H2,2H3,(H2,19,22)(H,23,24)/b13-7+. The lowest BCUT2D eigenvalue weighted by Gasteiger charge is -2.11. The van der Waals surface area contributed by atoms with Crippen LogP contribution < -0.4 is 16.4 Å². The van der Waals surface area contributed by atoms with Crippen LogP contribution in [-0.4, -0.2) is 31.5 Å². The Balaban J connectivity index is 1.83. The first-order chi connectivity index (χ1) is 12.7. The molecule has 3 aromatic rings. The molecule has 0 bridgehead atoms. The molecule has 8 heteroatoms. The smallest absolute Gasteiger partial charge is 0.169 e. The molecule has 0 aliphatic carbocycles. The second-order valence-corrected chi connectivity index (χ2v) is 5.61. The summed E-state index contributed by atoms with van der Waals surface area (Å²) < 4.78 is 1.86. The molecule has 0 unspecified atom stereocenters. The summed E-state index contributed by atoms with van der Waals surface area (Å²) in [7, 11) is 1.81. The van der Waals surface area contributed by atoms with Crippen molar-refractivity contribution >= 4 is 22.9 Å². The van der Waals surface area contributed by atoms with E-state index in [1.807, 2.05) is 22.7 Å². The van der Waals surface area contributed by atoms with Crippen molar-refractivity contribution in [1.82, 2.24) is 24.7 Å².